The maximum Gasteiger partial charge on any atom is 0.133 e. The van der Waals surface area contributed by atoms with E-state index in [1.165, 1.54) is 18.4 Å². The third-order valence-electron chi connectivity index (χ3n) is 3.02. The van der Waals surface area contributed by atoms with Gasteiger partial charge in [0.2, 0.25) is 0 Å². The average Bonchev–Trinajstić information content (AvgIpc) is 2.84. The van der Waals surface area contributed by atoms with E-state index in [1.807, 2.05) is 6.07 Å². The summed E-state index contributed by atoms with van der Waals surface area (Å²) in [7, 11) is 0. The molecule has 0 amide bonds. The van der Waals surface area contributed by atoms with Crippen LogP contribution in [0.3, 0.4) is 0 Å². The van der Waals surface area contributed by atoms with Crippen molar-refractivity contribution in [3.63, 3.8) is 0 Å². The third-order valence-corrected chi connectivity index (χ3v) is 3.64. The van der Waals surface area contributed by atoms with Crippen molar-refractivity contribution in [1.29, 1.82) is 0 Å². The first-order chi connectivity index (χ1) is 8.75. The van der Waals surface area contributed by atoms with Crippen LogP contribution < -0.4 is 10.1 Å². The van der Waals surface area contributed by atoms with Gasteiger partial charge in [0.05, 0.1) is 10.6 Å². The number of rotatable bonds is 6. The van der Waals surface area contributed by atoms with Gasteiger partial charge in [0, 0.05) is 19.7 Å². The standard InChI is InChI=1S/C14H20BrNO2/c1-11-4-5-14(13(15)9-11)18-8-6-16-10-12-3-2-7-17-12/h4-5,9,12,16H,2-3,6-8,10H2,1H3. The molecule has 0 radical (unpaired) electrons. The highest BCUT2D eigenvalue weighted by Gasteiger charge is 2.14. The van der Waals surface area contributed by atoms with E-state index in [9.17, 15) is 0 Å². The van der Waals surface area contributed by atoms with Crippen LogP contribution in [0.2, 0.25) is 0 Å². The van der Waals surface area contributed by atoms with Crippen LogP contribution in [-0.4, -0.2) is 32.4 Å². The minimum absolute atomic E-state index is 0.399. The van der Waals surface area contributed by atoms with Crippen molar-refractivity contribution in [2.24, 2.45) is 0 Å². The van der Waals surface area contributed by atoms with Crippen molar-refractivity contribution in [1.82, 2.24) is 5.32 Å². The van der Waals surface area contributed by atoms with Crippen molar-refractivity contribution in [3.05, 3.63) is 28.2 Å². The van der Waals surface area contributed by atoms with E-state index in [2.05, 4.69) is 40.3 Å². The first-order valence-electron chi connectivity index (χ1n) is 6.47. The second kappa shape index (κ2) is 7.12. The van der Waals surface area contributed by atoms with Crippen LogP contribution in [0.5, 0.6) is 5.75 Å². The summed E-state index contributed by atoms with van der Waals surface area (Å²) in [5.74, 6) is 0.902. The molecule has 4 heteroatoms. The summed E-state index contributed by atoms with van der Waals surface area (Å²) in [6.45, 7) is 5.43. The molecule has 1 aromatic carbocycles. The molecule has 1 N–H and O–H groups in total. The zero-order chi connectivity index (χ0) is 12.8. The molecule has 1 aromatic rings. The lowest BCUT2D eigenvalue weighted by atomic mass is 10.2. The normalized spacial score (nSPS) is 19.1. The van der Waals surface area contributed by atoms with Gasteiger partial charge in [0.1, 0.15) is 12.4 Å². The van der Waals surface area contributed by atoms with E-state index in [1.54, 1.807) is 0 Å². The molecule has 18 heavy (non-hydrogen) atoms. The monoisotopic (exact) mass is 313 g/mol. The number of hydrogen-bond acceptors (Lipinski definition) is 3. The number of halogens is 1. The maximum atomic E-state index is 5.71. The van der Waals surface area contributed by atoms with Gasteiger partial charge in [0.15, 0.2) is 0 Å². The Balaban J connectivity index is 1.62. The fourth-order valence-electron chi connectivity index (χ4n) is 2.02. The Labute approximate surface area is 117 Å². The zero-order valence-corrected chi connectivity index (χ0v) is 12.3. The van der Waals surface area contributed by atoms with Crippen LogP contribution in [0.4, 0.5) is 0 Å². The first-order valence-corrected chi connectivity index (χ1v) is 7.26. The fraction of sp³-hybridized carbons (Fsp3) is 0.571. The van der Waals surface area contributed by atoms with Gasteiger partial charge in [-0.2, -0.15) is 0 Å². The Morgan fingerprint density at radius 1 is 1.50 bits per heavy atom. The van der Waals surface area contributed by atoms with E-state index in [-0.39, 0.29) is 0 Å². The predicted octanol–water partition coefficient (Wildman–Crippen LogP) is 2.90. The highest BCUT2D eigenvalue weighted by atomic mass is 79.9. The molecule has 1 fully saturated rings. The molecule has 0 aromatic heterocycles. The molecule has 1 unspecified atom stereocenters. The van der Waals surface area contributed by atoms with Gasteiger partial charge >= 0.3 is 0 Å². The maximum absolute atomic E-state index is 5.71. The number of aryl methyl sites for hydroxylation is 1. The summed E-state index contributed by atoms with van der Waals surface area (Å²) in [6, 6.07) is 6.12. The van der Waals surface area contributed by atoms with Gasteiger partial charge in [-0.05, 0) is 53.4 Å². The number of benzene rings is 1. The van der Waals surface area contributed by atoms with Crippen LogP contribution in [0.15, 0.2) is 22.7 Å². The summed E-state index contributed by atoms with van der Waals surface area (Å²) in [4.78, 5) is 0. The van der Waals surface area contributed by atoms with Gasteiger partial charge in [-0.1, -0.05) is 6.07 Å². The topological polar surface area (TPSA) is 30.5 Å². The lowest BCUT2D eigenvalue weighted by Gasteiger charge is -2.12. The van der Waals surface area contributed by atoms with Gasteiger partial charge in [-0.15, -0.1) is 0 Å². The second-order valence-corrected chi connectivity index (χ2v) is 5.48. The van der Waals surface area contributed by atoms with Crippen molar-refractivity contribution in [2.45, 2.75) is 25.9 Å². The quantitative estimate of drug-likeness (QED) is 0.819. The highest BCUT2D eigenvalue weighted by molar-refractivity contribution is 9.10. The van der Waals surface area contributed by atoms with E-state index < -0.39 is 0 Å². The molecule has 0 saturated carbocycles. The van der Waals surface area contributed by atoms with Gasteiger partial charge in [0.25, 0.3) is 0 Å². The van der Waals surface area contributed by atoms with E-state index >= 15 is 0 Å². The van der Waals surface area contributed by atoms with Crippen molar-refractivity contribution < 1.29 is 9.47 Å². The molecule has 0 bridgehead atoms. The summed E-state index contributed by atoms with van der Waals surface area (Å²) in [5, 5.41) is 3.36. The number of ether oxygens (including phenoxy) is 2. The predicted molar refractivity (Wildman–Crippen MR) is 76.2 cm³/mol. The highest BCUT2D eigenvalue weighted by Crippen LogP contribution is 2.25. The van der Waals surface area contributed by atoms with Gasteiger partial charge < -0.3 is 14.8 Å². The first kappa shape index (κ1) is 13.8. The minimum atomic E-state index is 0.399. The number of nitrogens with one attached hydrogen (secondary N) is 1. The molecule has 3 nitrogen and oxygen atoms in total. The summed E-state index contributed by atoms with van der Waals surface area (Å²) in [6.07, 6.45) is 2.77. The van der Waals surface area contributed by atoms with E-state index in [0.717, 1.165) is 29.9 Å². The molecule has 1 aliphatic rings. The van der Waals surface area contributed by atoms with E-state index in [0.29, 0.717) is 12.7 Å². The number of hydrogen-bond donors (Lipinski definition) is 1. The summed E-state index contributed by atoms with van der Waals surface area (Å²) >= 11 is 3.50. The second-order valence-electron chi connectivity index (χ2n) is 4.62. The Bertz CT molecular complexity index is 378. The lowest BCUT2D eigenvalue weighted by molar-refractivity contribution is 0.109. The largest absolute Gasteiger partial charge is 0.491 e. The smallest absolute Gasteiger partial charge is 0.133 e. The third kappa shape index (κ3) is 4.26. The molecule has 0 spiro atoms. The Kier molecular flexibility index (Phi) is 5.47. The lowest BCUT2D eigenvalue weighted by Crippen LogP contribution is -2.29. The molecule has 100 valence electrons. The molecule has 1 heterocycles. The molecule has 1 atom stereocenters. The van der Waals surface area contributed by atoms with Gasteiger partial charge in [-0.25, -0.2) is 0 Å². The van der Waals surface area contributed by atoms with Crippen molar-refractivity contribution in [3.8, 4) is 5.75 Å². The Morgan fingerprint density at radius 2 is 2.39 bits per heavy atom. The van der Waals surface area contributed by atoms with Crippen LogP contribution in [-0.2, 0) is 4.74 Å². The van der Waals surface area contributed by atoms with E-state index in [4.69, 9.17) is 9.47 Å². The van der Waals surface area contributed by atoms with Crippen molar-refractivity contribution in [2.75, 3.05) is 26.3 Å². The fourth-order valence-corrected chi connectivity index (χ4v) is 2.63. The average molecular weight is 314 g/mol. The molecule has 1 aliphatic heterocycles. The zero-order valence-electron chi connectivity index (χ0n) is 10.7. The molecule has 1 saturated heterocycles. The summed E-state index contributed by atoms with van der Waals surface area (Å²) in [5.41, 5.74) is 1.23. The van der Waals surface area contributed by atoms with Crippen LogP contribution >= 0.6 is 15.9 Å². The van der Waals surface area contributed by atoms with Crippen LogP contribution in [0.25, 0.3) is 0 Å². The molecule has 2 rings (SSSR count). The molecule has 0 aliphatic carbocycles. The van der Waals surface area contributed by atoms with Crippen LogP contribution in [0, 0.1) is 6.92 Å². The molecular formula is C14H20BrNO2. The van der Waals surface area contributed by atoms with Gasteiger partial charge in [-0.3, -0.25) is 0 Å². The molecular weight excluding hydrogens is 294 g/mol. The Hall–Kier alpha value is -0.580. The minimum Gasteiger partial charge on any atom is -0.491 e. The van der Waals surface area contributed by atoms with Crippen molar-refractivity contribution >= 4 is 15.9 Å². The van der Waals surface area contributed by atoms with Crippen LogP contribution in [0.1, 0.15) is 18.4 Å². The SMILES string of the molecule is Cc1ccc(OCCNCC2CCCO2)c(Br)c1. The Morgan fingerprint density at radius 3 is 3.11 bits per heavy atom. The summed E-state index contributed by atoms with van der Waals surface area (Å²) < 4.78 is 12.3.